The number of nitrogens with one attached hydrogen (secondary N) is 1. The fourth-order valence-electron chi connectivity index (χ4n) is 3.70. The van der Waals surface area contributed by atoms with Crippen LogP contribution < -0.4 is 10.1 Å². The standard InChI is InChI=1S/C25H24F4N4O4S/c1-24(2,3)37-23(35)33-9-8-14-10-15(4-5-16(14)12-33)21(34)30-22-32-31-20(38-22)13-36-19-7-6-17(26)11-18(19)25(27,28)29/h4-7,10-11H,8-9,12-13H2,1-3H3,(H,30,32,34). The minimum absolute atomic E-state index is 0.137. The molecule has 3 aromatic rings. The van der Waals surface area contributed by atoms with Crippen molar-refractivity contribution in [2.75, 3.05) is 11.9 Å². The zero-order valence-corrected chi connectivity index (χ0v) is 21.5. The highest BCUT2D eigenvalue weighted by atomic mass is 32.1. The molecule has 0 atom stereocenters. The molecule has 1 aliphatic heterocycles. The number of carbonyl (C=O) groups is 2. The number of rotatable bonds is 5. The van der Waals surface area contributed by atoms with E-state index in [1.807, 2.05) is 0 Å². The molecule has 1 aromatic heterocycles. The molecule has 2 amide bonds. The molecule has 0 spiro atoms. The van der Waals surface area contributed by atoms with E-state index in [0.717, 1.165) is 34.6 Å². The first-order valence-corrected chi connectivity index (χ1v) is 12.3. The number of aromatic nitrogens is 2. The Bertz CT molecular complexity index is 1350. The summed E-state index contributed by atoms with van der Waals surface area (Å²) >= 11 is 0.936. The molecule has 2 aromatic carbocycles. The predicted molar refractivity (Wildman–Crippen MR) is 130 cm³/mol. The van der Waals surface area contributed by atoms with Crippen molar-refractivity contribution in [2.45, 2.75) is 52.1 Å². The molecule has 202 valence electrons. The molecule has 2 heterocycles. The van der Waals surface area contributed by atoms with E-state index in [0.29, 0.717) is 31.1 Å². The molecular weight excluding hydrogens is 528 g/mol. The second-order valence-electron chi connectivity index (χ2n) is 9.52. The average Bonchev–Trinajstić information content (AvgIpc) is 3.28. The van der Waals surface area contributed by atoms with Gasteiger partial charge in [0.2, 0.25) is 5.13 Å². The normalized spacial score (nSPS) is 13.6. The molecule has 0 fully saturated rings. The number of nitrogens with zero attached hydrogens (tertiary/aromatic N) is 3. The van der Waals surface area contributed by atoms with Crippen molar-refractivity contribution in [3.63, 3.8) is 0 Å². The maximum Gasteiger partial charge on any atom is 0.420 e. The number of ether oxygens (including phenoxy) is 2. The molecule has 38 heavy (non-hydrogen) atoms. The predicted octanol–water partition coefficient (Wildman–Crippen LogP) is 5.82. The summed E-state index contributed by atoms with van der Waals surface area (Å²) in [6, 6.07) is 7.27. The van der Waals surface area contributed by atoms with Crippen molar-refractivity contribution in [3.8, 4) is 5.75 Å². The van der Waals surface area contributed by atoms with Crippen LogP contribution in [0.5, 0.6) is 5.75 Å². The van der Waals surface area contributed by atoms with Crippen molar-refractivity contribution < 1.29 is 36.6 Å². The van der Waals surface area contributed by atoms with Crippen LogP contribution in [0.25, 0.3) is 0 Å². The number of amides is 2. The molecule has 1 N–H and O–H groups in total. The van der Waals surface area contributed by atoms with E-state index >= 15 is 0 Å². The van der Waals surface area contributed by atoms with Gasteiger partial charge in [0.25, 0.3) is 5.91 Å². The zero-order valence-electron chi connectivity index (χ0n) is 20.7. The summed E-state index contributed by atoms with van der Waals surface area (Å²) in [5.74, 6) is -2.02. The van der Waals surface area contributed by atoms with Gasteiger partial charge in [-0.2, -0.15) is 13.2 Å². The van der Waals surface area contributed by atoms with Crippen molar-refractivity contribution in [1.82, 2.24) is 15.1 Å². The first kappa shape index (κ1) is 27.3. The van der Waals surface area contributed by atoms with Crippen LogP contribution >= 0.6 is 11.3 Å². The van der Waals surface area contributed by atoms with Crippen molar-refractivity contribution in [3.05, 3.63) is 69.5 Å². The van der Waals surface area contributed by atoms with E-state index in [9.17, 15) is 27.2 Å². The Morgan fingerprint density at radius 2 is 1.84 bits per heavy atom. The summed E-state index contributed by atoms with van der Waals surface area (Å²) in [4.78, 5) is 26.7. The van der Waals surface area contributed by atoms with E-state index in [1.165, 1.54) is 0 Å². The lowest BCUT2D eigenvalue weighted by Crippen LogP contribution is -2.39. The summed E-state index contributed by atoms with van der Waals surface area (Å²) in [6.07, 6.45) is -4.63. The molecule has 0 unspecified atom stereocenters. The van der Waals surface area contributed by atoms with Crippen LogP contribution in [0.4, 0.5) is 27.5 Å². The van der Waals surface area contributed by atoms with Crippen LogP contribution in [-0.4, -0.2) is 39.2 Å². The molecule has 13 heteroatoms. The van der Waals surface area contributed by atoms with E-state index < -0.39 is 40.9 Å². The topological polar surface area (TPSA) is 93.7 Å². The highest BCUT2D eigenvalue weighted by molar-refractivity contribution is 7.15. The van der Waals surface area contributed by atoms with Gasteiger partial charge in [0.1, 0.15) is 29.3 Å². The third-order valence-corrected chi connectivity index (χ3v) is 6.23. The Balaban J connectivity index is 1.36. The summed E-state index contributed by atoms with van der Waals surface area (Å²) < 4.78 is 63.3. The van der Waals surface area contributed by atoms with Crippen LogP contribution in [0.1, 0.15) is 52.8 Å². The Morgan fingerprint density at radius 1 is 1.08 bits per heavy atom. The lowest BCUT2D eigenvalue weighted by Gasteiger charge is -2.31. The largest absolute Gasteiger partial charge is 0.486 e. The van der Waals surface area contributed by atoms with E-state index in [1.54, 1.807) is 43.9 Å². The van der Waals surface area contributed by atoms with Crippen LogP contribution in [0, 0.1) is 5.82 Å². The van der Waals surface area contributed by atoms with Crippen molar-refractivity contribution in [1.29, 1.82) is 0 Å². The number of anilines is 1. The molecule has 0 bridgehead atoms. The minimum Gasteiger partial charge on any atom is -0.486 e. The molecule has 1 aliphatic rings. The maximum atomic E-state index is 13.3. The van der Waals surface area contributed by atoms with Gasteiger partial charge < -0.3 is 14.4 Å². The highest BCUT2D eigenvalue weighted by Gasteiger charge is 2.35. The lowest BCUT2D eigenvalue weighted by molar-refractivity contribution is -0.139. The number of benzene rings is 2. The number of hydrogen-bond acceptors (Lipinski definition) is 7. The molecule has 0 aliphatic carbocycles. The van der Waals surface area contributed by atoms with Gasteiger partial charge in [0.05, 0.1) is 0 Å². The van der Waals surface area contributed by atoms with E-state index in [2.05, 4.69) is 15.5 Å². The molecular formula is C25H24F4N4O4S. The van der Waals surface area contributed by atoms with Gasteiger partial charge >= 0.3 is 12.3 Å². The Hall–Kier alpha value is -3.74. The number of carbonyl (C=O) groups excluding carboxylic acids is 2. The zero-order chi connectivity index (χ0) is 27.7. The number of hydrogen-bond donors (Lipinski definition) is 1. The van der Waals surface area contributed by atoms with Crippen LogP contribution in [0.15, 0.2) is 36.4 Å². The highest BCUT2D eigenvalue weighted by Crippen LogP contribution is 2.37. The molecule has 4 rings (SSSR count). The van der Waals surface area contributed by atoms with Gasteiger partial charge in [-0.25, -0.2) is 9.18 Å². The van der Waals surface area contributed by atoms with Gasteiger partial charge in [-0.3, -0.25) is 10.1 Å². The minimum atomic E-state index is -4.79. The molecule has 8 nitrogen and oxygen atoms in total. The summed E-state index contributed by atoms with van der Waals surface area (Å²) in [6.45, 7) is 5.88. The van der Waals surface area contributed by atoms with E-state index in [-0.39, 0.29) is 16.7 Å². The first-order chi connectivity index (χ1) is 17.8. The Labute approximate surface area is 219 Å². The van der Waals surface area contributed by atoms with Gasteiger partial charge in [0.15, 0.2) is 5.01 Å². The number of halogens is 4. The van der Waals surface area contributed by atoms with Gasteiger partial charge in [-0.15, -0.1) is 10.2 Å². The van der Waals surface area contributed by atoms with Crippen molar-refractivity contribution in [2.24, 2.45) is 0 Å². The smallest absolute Gasteiger partial charge is 0.420 e. The summed E-state index contributed by atoms with van der Waals surface area (Å²) in [5.41, 5.74) is 0.389. The van der Waals surface area contributed by atoms with E-state index in [4.69, 9.17) is 9.47 Å². The average molecular weight is 553 g/mol. The monoisotopic (exact) mass is 552 g/mol. The lowest BCUT2D eigenvalue weighted by atomic mass is 9.97. The summed E-state index contributed by atoms with van der Waals surface area (Å²) in [7, 11) is 0. The number of alkyl halides is 3. The van der Waals surface area contributed by atoms with Crippen molar-refractivity contribution >= 4 is 28.5 Å². The molecule has 0 saturated heterocycles. The Morgan fingerprint density at radius 3 is 2.55 bits per heavy atom. The van der Waals surface area contributed by atoms with Gasteiger partial charge in [-0.05, 0) is 68.7 Å². The second kappa shape index (κ2) is 10.6. The van der Waals surface area contributed by atoms with Crippen LogP contribution in [0.3, 0.4) is 0 Å². The van der Waals surface area contributed by atoms with Crippen LogP contribution in [0.2, 0.25) is 0 Å². The molecule has 0 saturated carbocycles. The van der Waals surface area contributed by atoms with Gasteiger partial charge in [-0.1, -0.05) is 17.4 Å². The van der Waals surface area contributed by atoms with Crippen LogP contribution in [-0.2, 0) is 30.5 Å². The second-order valence-corrected chi connectivity index (χ2v) is 10.6. The quantitative estimate of drug-likeness (QED) is 0.401. The fraction of sp³-hybridized carbons (Fsp3) is 0.360. The Kier molecular flexibility index (Phi) is 7.58. The third kappa shape index (κ3) is 6.77. The third-order valence-electron chi connectivity index (χ3n) is 5.42. The maximum absolute atomic E-state index is 13.3. The fourth-order valence-corrected chi connectivity index (χ4v) is 4.35. The van der Waals surface area contributed by atoms with Gasteiger partial charge in [0, 0.05) is 18.7 Å². The summed E-state index contributed by atoms with van der Waals surface area (Å²) in [5, 5.41) is 10.6. The first-order valence-electron chi connectivity index (χ1n) is 11.5. The molecule has 0 radical (unpaired) electrons. The SMILES string of the molecule is CC(C)(C)OC(=O)N1CCc2cc(C(=O)Nc3nnc(COc4ccc(F)cc4C(F)(F)F)s3)ccc2C1. The number of fused-ring (bicyclic) bond motifs is 1.